The number of fused-ring (bicyclic) bond motifs is 1. The van der Waals surface area contributed by atoms with Gasteiger partial charge in [-0.05, 0) is 55.9 Å². The van der Waals surface area contributed by atoms with Crippen LogP contribution in [-0.4, -0.2) is 12.5 Å². The zero-order valence-corrected chi connectivity index (χ0v) is 14.9. The average Bonchev–Trinajstić information content (AvgIpc) is 2.92. The second kappa shape index (κ2) is 7.25. The van der Waals surface area contributed by atoms with Gasteiger partial charge in [0.15, 0.2) is 6.61 Å². The second-order valence-electron chi connectivity index (χ2n) is 5.77. The van der Waals surface area contributed by atoms with Crippen molar-refractivity contribution < 1.29 is 9.53 Å². The fraction of sp³-hybridized carbons (Fsp3) is 0.333. The van der Waals surface area contributed by atoms with Gasteiger partial charge in [0.05, 0.1) is 5.56 Å². The highest BCUT2D eigenvalue weighted by atomic mass is 35.5. The van der Waals surface area contributed by atoms with Gasteiger partial charge in [-0.15, -0.1) is 11.3 Å². The van der Waals surface area contributed by atoms with Gasteiger partial charge >= 0.3 is 0 Å². The van der Waals surface area contributed by atoms with E-state index in [9.17, 15) is 10.1 Å². The number of anilines is 1. The molecule has 1 N–H and O–H groups in total. The number of rotatable bonds is 4. The summed E-state index contributed by atoms with van der Waals surface area (Å²) < 4.78 is 5.48. The Kier molecular flexibility index (Phi) is 5.08. The molecule has 3 rings (SSSR count). The third-order valence-electron chi connectivity index (χ3n) is 4.05. The van der Waals surface area contributed by atoms with Crippen molar-refractivity contribution >= 4 is 33.8 Å². The van der Waals surface area contributed by atoms with Gasteiger partial charge in [-0.25, -0.2) is 0 Å². The van der Waals surface area contributed by atoms with Crippen molar-refractivity contribution in [2.24, 2.45) is 0 Å². The standard InChI is InChI=1S/C18H17ClN2O2S/c1-11-6-7-12(8-15(11)19)23-10-17(22)21-18-14(9-20)13-4-2-3-5-16(13)24-18/h6-8H,2-5,10H2,1H3,(H,21,22). The van der Waals surface area contributed by atoms with Crippen LogP contribution in [0, 0.1) is 18.3 Å². The van der Waals surface area contributed by atoms with E-state index in [2.05, 4.69) is 11.4 Å². The fourth-order valence-electron chi connectivity index (χ4n) is 2.75. The summed E-state index contributed by atoms with van der Waals surface area (Å²) in [4.78, 5) is 13.4. The number of hydrogen-bond donors (Lipinski definition) is 1. The van der Waals surface area contributed by atoms with Crippen LogP contribution in [0.4, 0.5) is 5.00 Å². The zero-order chi connectivity index (χ0) is 17.1. The van der Waals surface area contributed by atoms with Crippen LogP contribution in [0.3, 0.4) is 0 Å². The molecule has 0 atom stereocenters. The largest absolute Gasteiger partial charge is 0.484 e. The number of benzene rings is 1. The molecule has 0 unspecified atom stereocenters. The molecule has 24 heavy (non-hydrogen) atoms. The van der Waals surface area contributed by atoms with Crippen LogP contribution in [-0.2, 0) is 17.6 Å². The molecule has 1 aromatic heterocycles. The minimum Gasteiger partial charge on any atom is -0.484 e. The van der Waals surface area contributed by atoms with Crippen molar-refractivity contribution in [3.05, 3.63) is 44.8 Å². The Morgan fingerprint density at radius 2 is 2.21 bits per heavy atom. The van der Waals surface area contributed by atoms with Gasteiger partial charge in [0.2, 0.25) is 0 Å². The Morgan fingerprint density at radius 1 is 1.42 bits per heavy atom. The normalized spacial score (nSPS) is 13.0. The summed E-state index contributed by atoms with van der Waals surface area (Å²) in [5.41, 5.74) is 2.67. The van der Waals surface area contributed by atoms with Crippen molar-refractivity contribution in [1.82, 2.24) is 0 Å². The highest BCUT2D eigenvalue weighted by molar-refractivity contribution is 7.16. The summed E-state index contributed by atoms with van der Waals surface area (Å²) in [5, 5.41) is 13.5. The number of thiophene rings is 1. The number of amides is 1. The van der Waals surface area contributed by atoms with E-state index in [0.29, 0.717) is 21.3 Å². The van der Waals surface area contributed by atoms with E-state index < -0.39 is 0 Å². The minimum absolute atomic E-state index is 0.118. The number of ether oxygens (including phenoxy) is 1. The van der Waals surface area contributed by atoms with E-state index in [1.807, 2.05) is 13.0 Å². The molecular formula is C18H17ClN2O2S. The van der Waals surface area contributed by atoms with Crippen LogP contribution >= 0.6 is 22.9 Å². The van der Waals surface area contributed by atoms with Crippen LogP contribution in [0.25, 0.3) is 0 Å². The Labute approximate surface area is 150 Å². The first-order valence-corrected chi connectivity index (χ1v) is 9.01. The second-order valence-corrected chi connectivity index (χ2v) is 7.29. The summed E-state index contributed by atoms with van der Waals surface area (Å²) in [6, 6.07) is 7.54. The summed E-state index contributed by atoms with van der Waals surface area (Å²) in [7, 11) is 0. The van der Waals surface area contributed by atoms with Gasteiger partial charge in [-0.1, -0.05) is 17.7 Å². The van der Waals surface area contributed by atoms with Gasteiger partial charge in [-0.2, -0.15) is 5.26 Å². The first-order valence-electron chi connectivity index (χ1n) is 7.82. The van der Waals surface area contributed by atoms with Crippen LogP contribution in [0.2, 0.25) is 5.02 Å². The third-order valence-corrected chi connectivity index (χ3v) is 5.66. The monoisotopic (exact) mass is 360 g/mol. The first kappa shape index (κ1) is 16.8. The van der Waals surface area contributed by atoms with Crippen molar-refractivity contribution in [2.45, 2.75) is 32.6 Å². The topological polar surface area (TPSA) is 62.1 Å². The van der Waals surface area contributed by atoms with Gasteiger partial charge in [0, 0.05) is 9.90 Å². The quantitative estimate of drug-likeness (QED) is 0.874. The van der Waals surface area contributed by atoms with Crippen molar-refractivity contribution in [1.29, 1.82) is 5.26 Å². The van der Waals surface area contributed by atoms with Gasteiger partial charge in [-0.3, -0.25) is 4.79 Å². The van der Waals surface area contributed by atoms with Crippen molar-refractivity contribution in [3.8, 4) is 11.8 Å². The maximum atomic E-state index is 12.1. The predicted molar refractivity (Wildman–Crippen MR) is 96.0 cm³/mol. The van der Waals surface area contributed by atoms with Crippen molar-refractivity contribution in [2.75, 3.05) is 11.9 Å². The molecule has 1 heterocycles. The van der Waals surface area contributed by atoms with Crippen LogP contribution in [0.5, 0.6) is 5.75 Å². The number of nitrogens with zero attached hydrogens (tertiary/aromatic N) is 1. The molecule has 6 heteroatoms. The first-order chi connectivity index (χ1) is 11.6. The SMILES string of the molecule is Cc1ccc(OCC(=O)Nc2sc3c(c2C#N)CCCC3)cc1Cl. The molecule has 1 aromatic carbocycles. The molecular weight excluding hydrogens is 344 g/mol. The Hall–Kier alpha value is -2.03. The van der Waals surface area contributed by atoms with E-state index >= 15 is 0 Å². The smallest absolute Gasteiger partial charge is 0.262 e. The summed E-state index contributed by atoms with van der Waals surface area (Å²) in [6.07, 6.45) is 4.15. The van der Waals surface area contributed by atoms with E-state index in [-0.39, 0.29) is 12.5 Å². The highest BCUT2D eigenvalue weighted by Crippen LogP contribution is 2.37. The number of nitriles is 1. The summed E-state index contributed by atoms with van der Waals surface area (Å²) >= 11 is 7.55. The number of halogens is 1. The molecule has 0 aliphatic heterocycles. The lowest BCUT2D eigenvalue weighted by molar-refractivity contribution is -0.118. The molecule has 0 bridgehead atoms. The van der Waals surface area contributed by atoms with E-state index in [0.717, 1.165) is 36.8 Å². The lowest BCUT2D eigenvalue weighted by Gasteiger charge is -2.09. The molecule has 1 aliphatic rings. The molecule has 0 radical (unpaired) electrons. The molecule has 2 aromatic rings. The van der Waals surface area contributed by atoms with E-state index in [4.69, 9.17) is 16.3 Å². The number of carbonyl (C=O) groups is 1. The number of carbonyl (C=O) groups excluding carboxylic acids is 1. The lowest BCUT2D eigenvalue weighted by Crippen LogP contribution is -2.20. The Morgan fingerprint density at radius 3 is 2.96 bits per heavy atom. The predicted octanol–water partition coefficient (Wildman–Crippen LogP) is 4.48. The molecule has 0 saturated carbocycles. The van der Waals surface area contributed by atoms with E-state index in [1.54, 1.807) is 12.1 Å². The van der Waals surface area contributed by atoms with Gasteiger partial charge in [0.1, 0.15) is 16.8 Å². The van der Waals surface area contributed by atoms with Crippen LogP contribution < -0.4 is 10.1 Å². The van der Waals surface area contributed by atoms with Crippen LogP contribution in [0.1, 0.15) is 34.4 Å². The summed E-state index contributed by atoms with van der Waals surface area (Å²) in [6.45, 7) is 1.79. The van der Waals surface area contributed by atoms with Crippen LogP contribution in [0.15, 0.2) is 18.2 Å². The van der Waals surface area contributed by atoms with Gasteiger partial charge in [0.25, 0.3) is 5.91 Å². The minimum atomic E-state index is -0.276. The maximum Gasteiger partial charge on any atom is 0.262 e. The third kappa shape index (κ3) is 3.55. The lowest BCUT2D eigenvalue weighted by atomic mass is 9.96. The number of hydrogen-bond acceptors (Lipinski definition) is 4. The van der Waals surface area contributed by atoms with E-state index in [1.165, 1.54) is 16.2 Å². The maximum absolute atomic E-state index is 12.1. The fourth-order valence-corrected chi connectivity index (χ4v) is 4.17. The highest BCUT2D eigenvalue weighted by Gasteiger charge is 2.21. The van der Waals surface area contributed by atoms with Gasteiger partial charge < -0.3 is 10.1 Å². The Balaban J connectivity index is 1.66. The zero-order valence-electron chi connectivity index (χ0n) is 13.3. The Bertz CT molecular complexity index is 823. The molecule has 4 nitrogen and oxygen atoms in total. The number of nitrogens with one attached hydrogen (secondary N) is 1. The average molecular weight is 361 g/mol. The molecule has 1 aliphatic carbocycles. The van der Waals surface area contributed by atoms with Crippen molar-refractivity contribution in [3.63, 3.8) is 0 Å². The number of aryl methyl sites for hydroxylation is 2. The molecule has 0 saturated heterocycles. The molecule has 1 amide bonds. The molecule has 124 valence electrons. The molecule has 0 fully saturated rings. The molecule has 0 spiro atoms. The summed E-state index contributed by atoms with van der Waals surface area (Å²) in [5.74, 6) is 0.272.